The fourth-order valence-corrected chi connectivity index (χ4v) is 5.58. The minimum atomic E-state index is 0.572. The van der Waals surface area contributed by atoms with Gasteiger partial charge in [-0.3, -0.25) is 0 Å². The number of nitrogens with two attached hydrogens (primary N) is 1. The van der Waals surface area contributed by atoms with Crippen molar-refractivity contribution in [3.05, 3.63) is 11.3 Å². The molecule has 1 aromatic heterocycles. The first-order chi connectivity index (χ1) is 9.61. The number of hydrogen-bond donors (Lipinski definition) is 1. The van der Waals surface area contributed by atoms with E-state index in [4.69, 9.17) is 10.3 Å². The van der Waals surface area contributed by atoms with Crippen molar-refractivity contribution in [3.63, 3.8) is 0 Å². The molecule has 0 radical (unpaired) electrons. The Balaban J connectivity index is 1.67. The molecule has 1 aromatic rings. The molecule has 4 bridgehead atoms. The van der Waals surface area contributed by atoms with Crippen LogP contribution in [0.5, 0.6) is 0 Å². The lowest BCUT2D eigenvalue weighted by Crippen LogP contribution is -2.44. The third-order valence-corrected chi connectivity index (χ3v) is 6.00. The Morgan fingerprint density at radius 3 is 2.25 bits per heavy atom. The van der Waals surface area contributed by atoms with Crippen LogP contribution in [0.25, 0.3) is 0 Å². The standard InChI is InChI=1S/C17H26N2O/c1-9(2)3-14-16(19-20-17(14)18)15-12-5-10-4-11(7-12)8-13(15)6-10/h9-13,15H,3-8,18H2,1-2H3. The minimum Gasteiger partial charge on any atom is -0.367 e. The minimum absolute atomic E-state index is 0.572. The molecular formula is C17H26N2O. The first-order valence-electron chi connectivity index (χ1n) is 8.35. The fraction of sp³-hybridized carbons (Fsp3) is 0.824. The molecule has 4 fully saturated rings. The van der Waals surface area contributed by atoms with Crippen LogP contribution in [0, 0.1) is 29.6 Å². The van der Waals surface area contributed by atoms with Gasteiger partial charge in [0.2, 0.25) is 5.88 Å². The van der Waals surface area contributed by atoms with Crippen molar-refractivity contribution in [3.8, 4) is 0 Å². The molecule has 110 valence electrons. The highest BCUT2D eigenvalue weighted by Gasteiger charge is 2.50. The average molecular weight is 274 g/mol. The molecule has 4 aliphatic rings. The highest BCUT2D eigenvalue weighted by atomic mass is 16.5. The lowest BCUT2D eigenvalue weighted by molar-refractivity contribution is -0.00532. The average Bonchev–Trinajstić information content (AvgIpc) is 2.70. The smallest absolute Gasteiger partial charge is 0.225 e. The number of rotatable bonds is 3. The summed E-state index contributed by atoms with van der Waals surface area (Å²) in [5.41, 5.74) is 8.50. The maximum absolute atomic E-state index is 6.05. The van der Waals surface area contributed by atoms with Gasteiger partial charge in [0.25, 0.3) is 0 Å². The van der Waals surface area contributed by atoms with Crippen LogP contribution in [0.4, 0.5) is 5.88 Å². The van der Waals surface area contributed by atoms with E-state index < -0.39 is 0 Å². The van der Waals surface area contributed by atoms with Gasteiger partial charge in [-0.05, 0) is 68.1 Å². The number of anilines is 1. The number of nitrogens with zero attached hydrogens (tertiary/aromatic N) is 1. The molecule has 4 aliphatic carbocycles. The summed E-state index contributed by atoms with van der Waals surface area (Å²) in [6.45, 7) is 4.49. The molecule has 0 saturated heterocycles. The van der Waals surface area contributed by atoms with Gasteiger partial charge >= 0.3 is 0 Å². The Kier molecular flexibility index (Phi) is 2.87. The Morgan fingerprint density at radius 1 is 1.10 bits per heavy atom. The second-order valence-corrected chi connectivity index (χ2v) is 7.97. The molecule has 3 nitrogen and oxygen atoms in total. The molecule has 5 rings (SSSR count). The molecule has 0 aromatic carbocycles. The molecule has 0 atom stereocenters. The van der Waals surface area contributed by atoms with Crippen LogP contribution in [0.2, 0.25) is 0 Å². The molecule has 20 heavy (non-hydrogen) atoms. The molecule has 1 heterocycles. The summed E-state index contributed by atoms with van der Waals surface area (Å²) in [5, 5.41) is 4.41. The topological polar surface area (TPSA) is 52.0 Å². The highest BCUT2D eigenvalue weighted by molar-refractivity contribution is 5.41. The van der Waals surface area contributed by atoms with Crippen molar-refractivity contribution < 1.29 is 4.52 Å². The fourth-order valence-electron chi connectivity index (χ4n) is 5.58. The van der Waals surface area contributed by atoms with Crippen LogP contribution >= 0.6 is 0 Å². The van der Waals surface area contributed by atoms with Crippen LogP contribution < -0.4 is 5.73 Å². The second kappa shape index (κ2) is 4.51. The maximum Gasteiger partial charge on any atom is 0.225 e. The molecule has 0 aliphatic heterocycles. The van der Waals surface area contributed by atoms with Gasteiger partial charge in [0.15, 0.2) is 0 Å². The summed E-state index contributed by atoms with van der Waals surface area (Å²) >= 11 is 0. The summed E-state index contributed by atoms with van der Waals surface area (Å²) in [5.74, 6) is 5.52. The first-order valence-corrected chi connectivity index (χ1v) is 8.35. The van der Waals surface area contributed by atoms with E-state index in [-0.39, 0.29) is 0 Å². The Hall–Kier alpha value is -0.990. The van der Waals surface area contributed by atoms with E-state index >= 15 is 0 Å². The SMILES string of the molecule is CC(C)Cc1c(C2C3CC4CC(C3)CC2C4)noc1N. The third-order valence-electron chi connectivity index (χ3n) is 6.00. The van der Waals surface area contributed by atoms with Gasteiger partial charge in [-0.1, -0.05) is 19.0 Å². The van der Waals surface area contributed by atoms with Crippen molar-refractivity contribution in [1.82, 2.24) is 5.16 Å². The van der Waals surface area contributed by atoms with E-state index in [0.29, 0.717) is 17.7 Å². The van der Waals surface area contributed by atoms with E-state index in [1.54, 1.807) is 0 Å². The van der Waals surface area contributed by atoms with Crippen molar-refractivity contribution in [1.29, 1.82) is 0 Å². The number of nitrogen functional groups attached to an aromatic ring is 1. The summed E-state index contributed by atoms with van der Waals surface area (Å²) in [6, 6.07) is 0. The van der Waals surface area contributed by atoms with Crippen LogP contribution in [-0.4, -0.2) is 5.16 Å². The normalized spacial score (nSPS) is 38.9. The van der Waals surface area contributed by atoms with E-state index in [2.05, 4.69) is 19.0 Å². The molecule has 3 heteroatoms. The molecule has 0 amide bonds. The second-order valence-electron chi connectivity index (χ2n) is 7.97. The lowest BCUT2D eigenvalue weighted by atomic mass is 9.51. The largest absolute Gasteiger partial charge is 0.367 e. The van der Waals surface area contributed by atoms with Gasteiger partial charge in [-0.25, -0.2) is 0 Å². The van der Waals surface area contributed by atoms with Crippen molar-refractivity contribution >= 4 is 5.88 Å². The zero-order valence-corrected chi connectivity index (χ0v) is 12.6. The van der Waals surface area contributed by atoms with Gasteiger partial charge in [0.05, 0.1) is 5.69 Å². The van der Waals surface area contributed by atoms with Crippen LogP contribution in [0.15, 0.2) is 4.52 Å². The molecule has 0 unspecified atom stereocenters. The zero-order chi connectivity index (χ0) is 13.9. The summed E-state index contributed by atoms with van der Waals surface area (Å²) in [6.07, 6.45) is 8.20. The molecule has 4 saturated carbocycles. The summed E-state index contributed by atoms with van der Waals surface area (Å²) < 4.78 is 5.38. The Bertz CT molecular complexity index is 477. The monoisotopic (exact) mass is 274 g/mol. The van der Waals surface area contributed by atoms with E-state index in [1.807, 2.05) is 0 Å². The lowest BCUT2D eigenvalue weighted by Gasteiger charge is -2.54. The van der Waals surface area contributed by atoms with Crippen LogP contribution in [0.3, 0.4) is 0 Å². The summed E-state index contributed by atoms with van der Waals surface area (Å²) in [4.78, 5) is 0. The van der Waals surface area contributed by atoms with Gasteiger partial charge in [0.1, 0.15) is 0 Å². The maximum atomic E-state index is 6.05. The molecule has 0 spiro atoms. The van der Waals surface area contributed by atoms with E-state index in [9.17, 15) is 0 Å². The number of aromatic nitrogens is 1. The Labute approximate surface area is 121 Å². The predicted molar refractivity (Wildman–Crippen MR) is 79.2 cm³/mol. The molecule has 2 N–H and O–H groups in total. The Morgan fingerprint density at radius 2 is 1.70 bits per heavy atom. The van der Waals surface area contributed by atoms with Gasteiger partial charge in [-0.15, -0.1) is 0 Å². The van der Waals surface area contributed by atoms with Crippen LogP contribution in [-0.2, 0) is 6.42 Å². The summed E-state index contributed by atoms with van der Waals surface area (Å²) in [7, 11) is 0. The third kappa shape index (κ3) is 1.89. The van der Waals surface area contributed by atoms with Crippen molar-refractivity contribution in [2.45, 2.75) is 58.3 Å². The predicted octanol–water partition coefficient (Wildman–Crippen LogP) is 4.00. The highest BCUT2D eigenvalue weighted by Crippen LogP contribution is 2.60. The van der Waals surface area contributed by atoms with Gasteiger partial charge < -0.3 is 10.3 Å². The van der Waals surface area contributed by atoms with Crippen molar-refractivity contribution in [2.75, 3.05) is 5.73 Å². The zero-order valence-electron chi connectivity index (χ0n) is 12.6. The van der Waals surface area contributed by atoms with Gasteiger partial charge in [-0.2, -0.15) is 0 Å². The first kappa shape index (κ1) is 12.7. The van der Waals surface area contributed by atoms with E-state index in [0.717, 1.165) is 30.1 Å². The quantitative estimate of drug-likeness (QED) is 0.906. The number of hydrogen-bond acceptors (Lipinski definition) is 3. The van der Waals surface area contributed by atoms with E-state index in [1.165, 1.54) is 43.4 Å². The van der Waals surface area contributed by atoms with Crippen LogP contribution in [0.1, 0.15) is 63.1 Å². The van der Waals surface area contributed by atoms with Gasteiger partial charge in [0, 0.05) is 11.5 Å². The van der Waals surface area contributed by atoms with Crippen molar-refractivity contribution in [2.24, 2.45) is 29.6 Å². The molecular weight excluding hydrogens is 248 g/mol.